The minimum atomic E-state index is -1.43. The van der Waals surface area contributed by atoms with Crippen molar-refractivity contribution in [2.75, 3.05) is 13.2 Å². The van der Waals surface area contributed by atoms with E-state index >= 15 is 0 Å². The molecule has 25 heavy (non-hydrogen) atoms. The van der Waals surface area contributed by atoms with Gasteiger partial charge in [-0.3, -0.25) is 4.79 Å². The summed E-state index contributed by atoms with van der Waals surface area (Å²) in [6.07, 6.45) is -0.0295. The zero-order valence-corrected chi connectivity index (χ0v) is 13.1. The van der Waals surface area contributed by atoms with Crippen molar-refractivity contribution in [2.45, 2.75) is 18.9 Å². The average Bonchev–Trinajstić information content (AvgIpc) is 3.14. The molecule has 1 atom stereocenters. The topological polar surface area (TPSA) is 97.2 Å². The molecule has 0 saturated carbocycles. The molecule has 0 aliphatic carbocycles. The highest BCUT2D eigenvalue weighted by atomic mass is 19.1. The van der Waals surface area contributed by atoms with E-state index in [1.165, 1.54) is 6.92 Å². The van der Waals surface area contributed by atoms with E-state index in [-0.39, 0.29) is 42.2 Å². The van der Waals surface area contributed by atoms with Crippen LogP contribution in [0, 0.1) is 11.6 Å². The van der Waals surface area contributed by atoms with Gasteiger partial charge in [0.15, 0.2) is 0 Å². The number of carboxylic acid groups (broad SMARTS) is 1. The third-order valence-corrected chi connectivity index (χ3v) is 3.92. The van der Waals surface area contributed by atoms with Crippen molar-refractivity contribution in [1.29, 1.82) is 0 Å². The van der Waals surface area contributed by atoms with Crippen LogP contribution in [0.25, 0.3) is 0 Å². The minimum Gasteiger partial charge on any atom is -0.478 e. The van der Waals surface area contributed by atoms with Crippen molar-refractivity contribution in [2.24, 2.45) is 5.16 Å². The Morgan fingerprint density at radius 3 is 2.56 bits per heavy atom. The number of carbonyl (C=O) groups is 2. The van der Waals surface area contributed by atoms with Crippen LogP contribution in [0.15, 0.2) is 34.6 Å². The van der Waals surface area contributed by atoms with E-state index in [1.54, 1.807) is 0 Å². The molecule has 0 saturated heterocycles. The molecule has 0 radical (unpaired) electrons. The van der Waals surface area contributed by atoms with Gasteiger partial charge in [0.1, 0.15) is 11.6 Å². The Hall–Kier alpha value is -2.81. The number of benzene rings is 1. The van der Waals surface area contributed by atoms with Gasteiger partial charge >= 0.3 is 5.97 Å². The smallest absolute Gasteiger partial charge is 0.335 e. The third kappa shape index (κ3) is 3.36. The number of amides is 1. The number of aliphatic carboxylic acids is 1. The van der Waals surface area contributed by atoms with Gasteiger partial charge in [-0.25, -0.2) is 13.6 Å². The number of ether oxygens (including phenoxy) is 1. The number of hydrogen-bond acceptors (Lipinski definition) is 5. The number of hydrogen-bond donors (Lipinski definition) is 2. The SMILES string of the molecule is CC1(C(=O)NC2=C(C(=O)O)COC2)CC(c2cc(F)cc(F)c2)=NO1. The number of carbonyl (C=O) groups excluding carboxylic acids is 1. The molecule has 0 bridgehead atoms. The van der Waals surface area contributed by atoms with Crippen LogP contribution in [-0.2, 0) is 19.2 Å². The van der Waals surface area contributed by atoms with Crippen LogP contribution in [0.2, 0.25) is 0 Å². The first-order chi connectivity index (χ1) is 11.8. The Kier molecular flexibility index (Phi) is 4.25. The lowest BCUT2D eigenvalue weighted by Gasteiger charge is -2.20. The van der Waals surface area contributed by atoms with E-state index in [1.807, 2.05) is 0 Å². The zero-order valence-electron chi connectivity index (χ0n) is 13.1. The van der Waals surface area contributed by atoms with E-state index in [0.29, 0.717) is 0 Å². The second-order valence-electron chi connectivity index (χ2n) is 5.90. The third-order valence-electron chi connectivity index (χ3n) is 3.92. The van der Waals surface area contributed by atoms with Crippen LogP contribution >= 0.6 is 0 Å². The maximum absolute atomic E-state index is 13.3. The fourth-order valence-electron chi connectivity index (χ4n) is 2.54. The average molecular weight is 352 g/mol. The van der Waals surface area contributed by atoms with Gasteiger partial charge < -0.3 is 20.0 Å². The predicted octanol–water partition coefficient (Wildman–Crippen LogP) is 1.33. The van der Waals surface area contributed by atoms with Gasteiger partial charge in [0.2, 0.25) is 5.60 Å². The molecular weight excluding hydrogens is 338 g/mol. The molecule has 1 amide bonds. The molecule has 1 aromatic rings. The van der Waals surface area contributed by atoms with Crippen LogP contribution < -0.4 is 5.32 Å². The fraction of sp³-hybridized carbons (Fsp3) is 0.312. The van der Waals surface area contributed by atoms with Crippen LogP contribution in [0.3, 0.4) is 0 Å². The van der Waals surface area contributed by atoms with Crippen molar-refractivity contribution in [1.82, 2.24) is 5.32 Å². The van der Waals surface area contributed by atoms with Gasteiger partial charge in [0.25, 0.3) is 5.91 Å². The first kappa shape index (κ1) is 17.0. The standard InChI is InChI=1S/C16H14F2N2O5/c1-16(15(23)19-13-7-24-6-11(13)14(21)22)5-12(20-25-16)8-2-9(17)4-10(18)3-8/h2-4H,5-7H2,1H3,(H,19,23)(H,21,22). The van der Waals surface area contributed by atoms with Crippen molar-refractivity contribution in [3.8, 4) is 0 Å². The van der Waals surface area contributed by atoms with Crippen molar-refractivity contribution >= 4 is 17.6 Å². The van der Waals surface area contributed by atoms with Crippen LogP contribution in [0.1, 0.15) is 18.9 Å². The second kappa shape index (κ2) is 6.25. The van der Waals surface area contributed by atoms with E-state index in [9.17, 15) is 18.4 Å². The lowest BCUT2D eigenvalue weighted by atomic mass is 9.95. The van der Waals surface area contributed by atoms with Crippen molar-refractivity contribution in [3.05, 3.63) is 46.7 Å². The van der Waals surface area contributed by atoms with Crippen LogP contribution in [0.4, 0.5) is 8.78 Å². The normalized spacial score (nSPS) is 22.6. The molecule has 2 heterocycles. The maximum Gasteiger partial charge on any atom is 0.335 e. The number of nitrogens with zero attached hydrogens (tertiary/aromatic N) is 1. The summed E-state index contributed by atoms with van der Waals surface area (Å²) in [7, 11) is 0. The van der Waals surface area contributed by atoms with E-state index in [4.69, 9.17) is 14.7 Å². The molecule has 2 N–H and O–H groups in total. The first-order valence-corrected chi connectivity index (χ1v) is 7.34. The zero-order chi connectivity index (χ0) is 18.2. The number of nitrogens with one attached hydrogen (secondary N) is 1. The lowest BCUT2D eigenvalue weighted by molar-refractivity contribution is -0.141. The molecule has 132 valence electrons. The molecule has 1 unspecified atom stereocenters. The van der Waals surface area contributed by atoms with Gasteiger partial charge in [-0.1, -0.05) is 5.16 Å². The first-order valence-electron chi connectivity index (χ1n) is 7.34. The van der Waals surface area contributed by atoms with Gasteiger partial charge in [-0.05, 0) is 19.1 Å². The Morgan fingerprint density at radius 1 is 1.24 bits per heavy atom. The Bertz CT molecular complexity index is 800. The largest absolute Gasteiger partial charge is 0.478 e. The van der Waals surface area contributed by atoms with Crippen LogP contribution in [0.5, 0.6) is 0 Å². The molecule has 7 nitrogen and oxygen atoms in total. The highest BCUT2D eigenvalue weighted by Crippen LogP contribution is 2.28. The van der Waals surface area contributed by atoms with E-state index in [2.05, 4.69) is 10.5 Å². The quantitative estimate of drug-likeness (QED) is 0.852. The summed E-state index contributed by atoms with van der Waals surface area (Å²) in [6, 6.07) is 2.90. The minimum absolute atomic E-state index is 0.0295. The van der Waals surface area contributed by atoms with E-state index < -0.39 is 29.1 Å². The summed E-state index contributed by atoms with van der Waals surface area (Å²) in [4.78, 5) is 28.7. The number of oxime groups is 1. The highest BCUT2D eigenvalue weighted by Gasteiger charge is 2.43. The van der Waals surface area contributed by atoms with Gasteiger partial charge in [0, 0.05) is 18.1 Å². The van der Waals surface area contributed by atoms with Crippen molar-refractivity contribution < 1.29 is 33.1 Å². The Balaban J connectivity index is 1.75. The molecule has 2 aliphatic heterocycles. The molecule has 3 rings (SSSR count). The maximum atomic E-state index is 13.3. The molecule has 9 heteroatoms. The monoisotopic (exact) mass is 352 g/mol. The molecule has 0 aromatic heterocycles. The number of rotatable bonds is 4. The Labute approximate surface area is 140 Å². The molecule has 0 spiro atoms. The summed E-state index contributed by atoms with van der Waals surface area (Å²) < 4.78 is 31.7. The number of carboxylic acids is 1. The van der Waals surface area contributed by atoms with Gasteiger partial charge in [-0.15, -0.1) is 0 Å². The fourth-order valence-corrected chi connectivity index (χ4v) is 2.54. The highest BCUT2D eigenvalue weighted by molar-refractivity contribution is 6.05. The summed E-state index contributed by atoms with van der Waals surface area (Å²) in [5, 5.41) is 15.3. The lowest BCUT2D eigenvalue weighted by Crippen LogP contribution is -2.45. The molecule has 2 aliphatic rings. The molecule has 1 aromatic carbocycles. The van der Waals surface area contributed by atoms with Gasteiger partial charge in [0.05, 0.1) is 30.2 Å². The Morgan fingerprint density at radius 2 is 1.92 bits per heavy atom. The predicted molar refractivity (Wildman–Crippen MR) is 80.6 cm³/mol. The van der Waals surface area contributed by atoms with Gasteiger partial charge in [-0.2, -0.15) is 0 Å². The second-order valence-corrected chi connectivity index (χ2v) is 5.90. The summed E-state index contributed by atoms with van der Waals surface area (Å²) >= 11 is 0. The van der Waals surface area contributed by atoms with Crippen LogP contribution in [-0.4, -0.2) is 41.5 Å². The van der Waals surface area contributed by atoms with E-state index in [0.717, 1.165) is 18.2 Å². The summed E-state index contributed by atoms with van der Waals surface area (Å²) in [6.45, 7) is 1.31. The molecule has 0 fully saturated rings. The summed E-state index contributed by atoms with van der Waals surface area (Å²) in [5.74, 6) is -3.34. The summed E-state index contributed by atoms with van der Waals surface area (Å²) in [5.41, 5.74) is -0.942. The number of halogens is 2. The van der Waals surface area contributed by atoms with Crippen molar-refractivity contribution in [3.63, 3.8) is 0 Å². The molecular formula is C16H14F2N2O5.